The molecule has 0 radical (unpaired) electrons. The van der Waals surface area contributed by atoms with Crippen molar-refractivity contribution in [1.29, 1.82) is 0 Å². The van der Waals surface area contributed by atoms with Crippen molar-refractivity contribution in [2.45, 2.75) is 17.9 Å². The fraction of sp³-hybridized carbons (Fsp3) is 0.333. The summed E-state index contributed by atoms with van der Waals surface area (Å²) < 4.78 is 50.5. The number of carbonyl (C=O) groups excluding carboxylic acids is 2. The van der Waals surface area contributed by atoms with Gasteiger partial charge in [0.2, 0.25) is 0 Å². The van der Waals surface area contributed by atoms with Gasteiger partial charge in [0.15, 0.2) is 9.84 Å². The van der Waals surface area contributed by atoms with Gasteiger partial charge in [-0.1, -0.05) is 0 Å². The molecule has 2 rings (SSSR count). The van der Waals surface area contributed by atoms with Gasteiger partial charge in [-0.3, -0.25) is 9.69 Å². The van der Waals surface area contributed by atoms with E-state index in [0.29, 0.717) is 12.1 Å². The van der Waals surface area contributed by atoms with E-state index in [1.165, 1.54) is 6.92 Å². The first-order chi connectivity index (χ1) is 9.72. The predicted molar refractivity (Wildman–Crippen MR) is 68.1 cm³/mol. The van der Waals surface area contributed by atoms with Crippen LogP contribution in [-0.4, -0.2) is 43.6 Å². The molecule has 1 saturated heterocycles. The van der Waals surface area contributed by atoms with Crippen LogP contribution in [0.5, 0.6) is 0 Å². The molecule has 0 saturated carbocycles. The van der Waals surface area contributed by atoms with E-state index in [1.807, 2.05) is 0 Å². The molecule has 1 N–H and O–H groups in total. The Kier molecular flexibility index (Phi) is 3.95. The lowest BCUT2D eigenvalue weighted by Gasteiger charge is -2.13. The summed E-state index contributed by atoms with van der Waals surface area (Å²) in [7, 11) is -4.15. The monoisotopic (exact) mass is 318 g/mol. The molecular formula is C12H12F2N2O4S. The van der Waals surface area contributed by atoms with E-state index in [0.717, 1.165) is 11.0 Å². The molecule has 3 amide bonds. The van der Waals surface area contributed by atoms with Gasteiger partial charge in [0, 0.05) is 6.54 Å². The summed E-state index contributed by atoms with van der Waals surface area (Å²) in [5.74, 6) is -3.21. The Labute approximate surface area is 119 Å². The van der Waals surface area contributed by atoms with Gasteiger partial charge in [-0.15, -0.1) is 0 Å². The van der Waals surface area contributed by atoms with Gasteiger partial charge in [-0.2, -0.15) is 0 Å². The molecule has 1 heterocycles. The third kappa shape index (κ3) is 3.02. The number of hydrogen-bond acceptors (Lipinski definition) is 4. The molecule has 1 aromatic rings. The van der Waals surface area contributed by atoms with Crippen molar-refractivity contribution < 1.29 is 26.8 Å². The number of halogens is 2. The molecule has 1 fully saturated rings. The van der Waals surface area contributed by atoms with Crippen LogP contribution in [0.25, 0.3) is 0 Å². The lowest BCUT2D eigenvalue weighted by atomic mass is 10.3. The van der Waals surface area contributed by atoms with E-state index in [9.17, 15) is 26.8 Å². The first-order valence-electron chi connectivity index (χ1n) is 6.02. The number of benzene rings is 1. The van der Waals surface area contributed by atoms with E-state index in [1.54, 1.807) is 0 Å². The minimum Gasteiger partial charge on any atom is -0.326 e. The van der Waals surface area contributed by atoms with Crippen molar-refractivity contribution in [2.75, 3.05) is 12.3 Å². The summed E-state index contributed by atoms with van der Waals surface area (Å²) in [5.41, 5.74) is 0. The van der Waals surface area contributed by atoms with E-state index in [2.05, 4.69) is 5.32 Å². The van der Waals surface area contributed by atoms with Crippen LogP contribution in [0.15, 0.2) is 23.1 Å². The molecule has 9 heteroatoms. The van der Waals surface area contributed by atoms with E-state index < -0.39 is 56.6 Å². The number of carbonyl (C=O) groups is 2. The first kappa shape index (κ1) is 15.4. The lowest BCUT2D eigenvalue weighted by Crippen LogP contribution is -2.35. The highest BCUT2D eigenvalue weighted by Gasteiger charge is 2.35. The average molecular weight is 318 g/mol. The van der Waals surface area contributed by atoms with Crippen LogP contribution in [0, 0.1) is 11.6 Å². The maximum atomic E-state index is 13.5. The maximum absolute atomic E-state index is 13.5. The number of imide groups is 1. The minimum absolute atomic E-state index is 0.423. The van der Waals surface area contributed by atoms with E-state index in [-0.39, 0.29) is 0 Å². The van der Waals surface area contributed by atoms with Gasteiger partial charge < -0.3 is 5.32 Å². The Balaban J connectivity index is 2.17. The van der Waals surface area contributed by atoms with Crippen LogP contribution in [0.4, 0.5) is 13.6 Å². The summed E-state index contributed by atoms with van der Waals surface area (Å²) >= 11 is 0. The number of nitrogens with zero attached hydrogens (tertiary/aromatic N) is 1. The van der Waals surface area contributed by atoms with E-state index >= 15 is 0 Å². The number of hydrogen-bond donors (Lipinski definition) is 1. The molecule has 0 bridgehead atoms. The zero-order valence-electron chi connectivity index (χ0n) is 11.0. The molecule has 114 valence electrons. The molecule has 0 spiro atoms. The summed E-state index contributed by atoms with van der Waals surface area (Å²) in [5, 5.41) is 2.32. The van der Waals surface area contributed by atoms with Crippen LogP contribution < -0.4 is 5.32 Å². The zero-order chi connectivity index (χ0) is 15.8. The number of rotatable bonds is 4. The molecule has 1 atom stereocenters. The van der Waals surface area contributed by atoms with Crippen LogP contribution in [0.2, 0.25) is 0 Å². The van der Waals surface area contributed by atoms with Gasteiger partial charge in [-0.25, -0.2) is 22.0 Å². The van der Waals surface area contributed by atoms with Crippen LogP contribution in [0.1, 0.15) is 6.92 Å². The van der Waals surface area contributed by atoms with Crippen molar-refractivity contribution >= 4 is 21.8 Å². The topological polar surface area (TPSA) is 83.6 Å². The number of amides is 3. The molecule has 1 aromatic carbocycles. The number of nitrogens with one attached hydrogen (secondary N) is 1. The van der Waals surface area contributed by atoms with Gasteiger partial charge in [0.05, 0.1) is 5.75 Å². The third-order valence-electron chi connectivity index (χ3n) is 3.03. The summed E-state index contributed by atoms with van der Waals surface area (Å²) in [4.78, 5) is 23.0. The molecule has 0 aliphatic carbocycles. The summed E-state index contributed by atoms with van der Waals surface area (Å²) in [6.07, 6.45) is 0. The second-order valence-corrected chi connectivity index (χ2v) is 6.63. The second-order valence-electron chi connectivity index (χ2n) is 4.55. The Morgan fingerprint density at radius 2 is 1.95 bits per heavy atom. The van der Waals surface area contributed by atoms with Crippen LogP contribution in [-0.2, 0) is 14.6 Å². The predicted octanol–water partition coefficient (Wildman–Crippen LogP) is 0.679. The zero-order valence-corrected chi connectivity index (χ0v) is 11.8. The van der Waals surface area contributed by atoms with Gasteiger partial charge in [0.1, 0.15) is 22.6 Å². The summed E-state index contributed by atoms with van der Waals surface area (Å²) in [6, 6.07) is 0.638. The van der Waals surface area contributed by atoms with Crippen molar-refractivity contribution in [3.63, 3.8) is 0 Å². The molecule has 1 aliphatic rings. The van der Waals surface area contributed by atoms with Gasteiger partial charge in [0.25, 0.3) is 5.91 Å². The standard InChI is InChI=1S/C12H12F2N2O4S/c1-7-11(17)16(12(18)15-7)4-5-21(19,20)10-6-8(13)2-3-9(10)14/h2-3,6-7H,4-5H2,1H3,(H,15,18). The largest absolute Gasteiger partial charge is 0.326 e. The van der Waals surface area contributed by atoms with Crippen LogP contribution in [0.3, 0.4) is 0 Å². The Hall–Kier alpha value is -2.03. The van der Waals surface area contributed by atoms with Gasteiger partial charge in [-0.05, 0) is 25.1 Å². The molecule has 21 heavy (non-hydrogen) atoms. The molecular weight excluding hydrogens is 306 g/mol. The van der Waals surface area contributed by atoms with Gasteiger partial charge >= 0.3 is 6.03 Å². The number of urea groups is 1. The fourth-order valence-electron chi connectivity index (χ4n) is 1.91. The SMILES string of the molecule is CC1NC(=O)N(CCS(=O)(=O)c2cc(F)ccc2F)C1=O. The average Bonchev–Trinajstić information content (AvgIpc) is 2.64. The molecule has 1 aliphatic heterocycles. The second kappa shape index (κ2) is 5.40. The fourth-order valence-corrected chi connectivity index (χ4v) is 3.21. The normalized spacial score (nSPS) is 19.0. The molecule has 0 aromatic heterocycles. The highest BCUT2D eigenvalue weighted by Crippen LogP contribution is 2.18. The van der Waals surface area contributed by atoms with Crippen molar-refractivity contribution in [2.24, 2.45) is 0 Å². The quantitative estimate of drug-likeness (QED) is 0.828. The van der Waals surface area contributed by atoms with Crippen molar-refractivity contribution in [3.8, 4) is 0 Å². The highest BCUT2D eigenvalue weighted by molar-refractivity contribution is 7.91. The van der Waals surface area contributed by atoms with Crippen molar-refractivity contribution in [3.05, 3.63) is 29.8 Å². The highest BCUT2D eigenvalue weighted by atomic mass is 32.2. The molecule has 6 nitrogen and oxygen atoms in total. The lowest BCUT2D eigenvalue weighted by molar-refractivity contribution is -0.126. The Morgan fingerprint density at radius 3 is 2.52 bits per heavy atom. The smallest absolute Gasteiger partial charge is 0.324 e. The Morgan fingerprint density at radius 1 is 1.29 bits per heavy atom. The van der Waals surface area contributed by atoms with E-state index in [4.69, 9.17) is 0 Å². The summed E-state index contributed by atoms with van der Waals surface area (Å²) in [6.45, 7) is 1.04. The molecule has 1 unspecified atom stereocenters. The first-order valence-corrected chi connectivity index (χ1v) is 7.67. The van der Waals surface area contributed by atoms with Crippen molar-refractivity contribution in [1.82, 2.24) is 10.2 Å². The Bertz CT molecular complexity index is 705. The number of sulfone groups is 1. The maximum Gasteiger partial charge on any atom is 0.324 e. The third-order valence-corrected chi connectivity index (χ3v) is 4.74. The minimum atomic E-state index is -4.15. The van der Waals surface area contributed by atoms with Crippen LogP contribution >= 0.6 is 0 Å².